The van der Waals surface area contributed by atoms with Gasteiger partial charge in [-0.2, -0.15) is 0 Å². The number of pyridine rings is 1. The van der Waals surface area contributed by atoms with E-state index < -0.39 is 3.61 Å². The van der Waals surface area contributed by atoms with Gasteiger partial charge in [0.05, 0.1) is 29.3 Å². The Hall–Kier alpha value is -0.790. The molecule has 0 radical (unpaired) electrons. The second-order valence-electron chi connectivity index (χ2n) is 5.14. The molecule has 0 saturated carbocycles. The van der Waals surface area contributed by atoms with Crippen LogP contribution in [0.15, 0.2) is 18.2 Å². The van der Waals surface area contributed by atoms with Crippen LogP contribution < -0.4 is 9.47 Å². The number of halogens is 2. The maximum Gasteiger partial charge on any atom is 0.220 e. The number of rotatable bonds is 4. The lowest BCUT2D eigenvalue weighted by Gasteiger charge is -2.19. The molecule has 1 atom stereocenters. The van der Waals surface area contributed by atoms with Crippen LogP contribution in [0.5, 0.6) is 11.6 Å². The van der Waals surface area contributed by atoms with Gasteiger partial charge in [-0.25, -0.2) is 4.98 Å². The zero-order valence-electron chi connectivity index (χ0n) is 12.3. The number of hydrogen-bond donors (Lipinski definition) is 1. The highest BCUT2D eigenvalue weighted by molar-refractivity contribution is 14.1. The SMILES string of the molecule is COc1nc2cc(OC(C)C)c(Cl)cc2cc1C(C)(O)I. The van der Waals surface area contributed by atoms with Gasteiger partial charge >= 0.3 is 0 Å². The Bertz CT molecular complexity index is 668. The van der Waals surface area contributed by atoms with E-state index in [1.54, 1.807) is 19.1 Å². The number of methoxy groups -OCH3 is 1. The van der Waals surface area contributed by atoms with Gasteiger partial charge < -0.3 is 14.6 Å². The molecule has 0 aliphatic rings. The van der Waals surface area contributed by atoms with Crippen LogP contribution in [0.1, 0.15) is 26.3 Å². The minimum Gasteiger partial charge on any atom is -0.489 e. The molecule has 0 fully saturated rings. The zero-order chi connectivity index (χ0) is 15.8. The second-order valence-corrected chi connectivity index (χ2v) is 7.65. The third-order valence-corrected chi connectivity index (χ3v) is 3.76. The number of aromatic nitrogens is 1. The summed E-state index contributed by atoms with van der Waals surface area (Å²) in [6.45, 7) is 5.55. The van der Waals surface area contributed by atoms with Crippen molar-refractivity contribution in [1.29, 1.82) is 0 Å². The van der Waals surface area contributed by atoms with E-state index in [4.69, 9.17) is 21.1 Å². The molecule has 0 aliphatic heterocycles. The van der Waals surface area contributed by atoms with E-state index in [0.717, 1.165) is 5.39 Å². The minimum atomic E-state index is -1.08. The molecule has 114 valence electrons. The molecule has 0 aliphatic carbocycles. The van der Waals surface area contributed by atoms with Gasteiger partial charge in [-0.15, -0.1) is 0 Å². The fourth-order valence-corrected chi connectivity index (χ4v) is 2.59. The number of fused-ring (bicyclic) bond motifs is 1. The van der Waals surface area contributed by atoms with Crippen molar-refractivity contribution in [3.63, 3.8) is 0 Å². The monoisotopic (exact) mass is 421 g/mol. The number of aliphatic hydroxyl groups is 1. The summed E-state index contributed by atoms with van der Waals surface area (Å²) in [4.78, 5) is 4.44. The first kappa shape index (κ1) is 16.6. The molecule has 0 bridgehead atoms. The Morgan fingerprint density at radius 1 is 1.33 bits per heavy atom. The topological polar surface area (TPSA) is 51.6 Å². The van der Waals surface area contributed by atoms with Crippen LogP contribution in [-0.4, -0.2) is 23.3 Å². The molecular formula is C15H17ClINO3. The quantitative estimate of drug-likeness (QED) is 0.591. The molecule has 2 rings (SSSR count). The van der Waals surface area contributed by atoms with Crippen LogP contribution in [0.4, 0.5) is 0 Å². The summed E-state index contributed by atoms with van der Waals surface area (Å²) in [6.07, 6.45) is 0.0243. The first-order valence-electron chi connectivity index (χ1n) is 6.49. The molecule has 0 spiro atoms. The van der Waals surface area contributed by atoms with Crippen molar-refractivity contribution in [3.05, 3.63) is 28.8 Å². The molecule has 1 aromatic heterocycles. The molecule has 1 unspecified atom stereocenters. The van der Waals surface area contributed by atoms with Gasteiger partial charge in [0.1, 0.15) is 9.36 Å². The van der Waals surface area contributed by atoms with Crippen LogP contribution >= 0.6 is 34.2 Å². The Kier molecular flexibility index (Phi) is 4.85. The lowest BCUT2D eigenvalue weighted by molar-refractivity contribution is 0.173. The fourth-order valence-electron chi connectivity index (χ4n) is 1.98. The van der Waals surface area contributed by atoms with Gasteiger partial charge in [0.15, 0.2) is 0 Å². The van der Waals surface area contributed by atoms with Gasteiger partial charge in [-0.05, 0) is 55.5 Å². The summed E-state index contributed by atoms with van der Waals surface area (Å²) < 4.78 is 9.86. The molecule has 1 aromatic carbocycles. The molecule has 0 amide bonds. The molecule has 4 nitrogen and oxygen atoms in total. The van der Waals surface area contributed by atoms with Gasteiger partial charge in [0, 0.05) is 11.5 Å². The lowest BCUT2D eigenvalue weighted by Crippen LogP contribution is -2.13. The van der Waals surface area contributed by atoms with Crippen molar-refractivity contribution in [2.45, 2.75) is 30.5 Å². The van der Waals surface area contributed by atoms with E-state index in [1.165, 1.54) is 7.11 Å². The smallest absolute Gasteiger partial charge is 0.220 e. The first-order chi connectivity index (χ1) is 9.72. The normalized spacial score (nSPS) is 14.3. The molecule has 1 N–H and O–H groups in total. The van der Waals surface area contributed by atoms with Crippen molar-refractivity contribution in [2.75, 3.05) is 7.11 Å². The standard InChI is InChI=1S/C15H17ClINO3/c1-8(2)21-13-7-12-9(6-11(13)16)5-10(15(3,17)19)14(18-12)20-4/h5-8,19H,1-4H3. The average molecular weight is 422 g/mol. The Labute approximate surface area is 142 Å². The highest BCUT2D eigenvalue weighted by atomic mass is 127. The van der Waals surface area contributed by atoms with Gasteiger partial charge in [0.2, 0.25) is 5.88 Å². The summed E-state index contributed by atoms with van der Waals surface area (Å²) in [6, 6.07) is 5.40. The van der Waals surface area contributed by atoms with E-state index in [9.17, 15) is 5.11 Å². The minimum absolute atomic E-state index is 0.0243. The Morgan fingerprint density at radius 3 is 2.52 bits per heavy atom. The number of hydrogen-bond acceptors (Lipinski definition) is 4. The predicted octanol–water partition coefficient (Wildman–Crippen LogP) is 4.28. The van der Waals surface area contributed by atoms with Crippen molar-refractivity contribution in [1.82, 2.24) is 4.98 Å². The third-order valence-electron chi connectivity index (χ3n) is 2.88. The number of ether oxygens (including phenoxy) is 2. The van der Waals surface area contributed by atoms with Crippen molar-refractivity contribution < 1.29 is 14.6 Å². The summed E-state index contributed by atoms with van der Waals surface area (Å²) in [5, 5.41) is 11.6. The lowest BCUT2D eigenvalue weighted by atomic mass is 10.1. The molecule has 6 heteroatoms. The molecule has 0 saturated heterocycles. The van der Waals surface area contributed by atoms with E-state index >= 15 is 0 Å². The van der Waals surface area contributed by atoms with E-state index in [1.807, 2.05) is 42.5 Å². The molecule has 1 heterocycles. The highest BCUT2D eigenvalue weighted by Gasteiger charge is 2.25. The largest absolute Gasteiger partial charge is 0.489 e. The summed E-state index contributed by atoms with van der Waals surface area (Å²) in [5.74, 6) is 0.974. The molecular weight excluding hydrogens is 405 g/mol. The second kappa shape index (κ2) is 6.14. The third kappa shape index (κ3) is 3.70. The van der Waals surface area contributed by atoms with Crippen LogP contribution in [0.2, 0.25) is 5.02 Å². The summed E-state index contributed by atoms with van der Waals surface area (Å²) in [7, 11) is 1.53. The van der Waals surface area contributed by atoms with E-state index in [2.05, 4.69) is 4.98 Å². The molecule has 2 aromatic rings. The number of nitrogens with zero attached hydrogens (tertiary/aromatic N) is 1. The van der Waals surface area contributed by atoms with Crippen LogP contribution in [0, 0.1) is 0 Å². The van der Waals surface area contributed by atoms with Gasteiger partial charge in [-0.3, -0.25) is 0 Å². The number of alkyl halides is 1. The highest BCUT2D eigenvalue weighted by Crippen LogP contribution is 2.38. The Morgan fingerprint density at radius 2 is 2.00 bits per heavy atom. The fraction of sp³-hybridized carbons (Fsp3) is 0.400. The molecule has 21 heavy (non-hydrogen) atoms. The van der Waals surface area contributed by atoms with Crippen LogP contribution in [0.3, 0.4) is 0 Å². The van der Waals surface area contributed by atoms with E-state index in [-0.39, 0.29) is 6.10 Å². The first-order valence-corrected chi connectivity index (χ1v) is 7.94. The maximum absolute atomic E-state index is 10.2. The predicted molar refractivity (Wildman–Crippen MR) is 92.7 cm³/mol. The zero-order valence-corrected chi connectivity index (χ0v) is 15.2. The summed E-state index contributed by atoms with van der Waals surface area (Å²) >= 11 is 8.17. The van der Waals surface area contributed by atoms with Crippen molar-refractivity contribution in [2.24, 2.45) is 0 Å². The Balaban J connectivity index is 2.64. The van der Waals surface area contributed by atoms with Crippen LogP contribution in [0.25, 0.3) is 10.9 Å². The maximum atomic E-state index is 10.2. The summed E-state index contributed by atoms with van der Waals surface area (Å²) in [5.41, 5.74) is 1.31. The number of benzene rings is 1. The van der Waals surface area contributed by atoms with Gasteiger partial charge in [-0.1, -0.05) is 11.6 Å². The van der Waals surface area contributed by atoms with E-state index in [0.29, 0.717) is 27.7 Å². The van der Waals surface area contributed by atoms with Crippen molar-refractivity contribution >= 4 is 45.1 Å². The van der Waals surface area contributed by atoms with Gasteiger partial charge in [0.25, 0.3) is 0 Å². The van der Waals surface area contributed by atoms with Crippen LogP contribution in [-0.2, 0) is 3.61 Å². The van der Waals surface area contributed by atoms with Crippen molar-refractivity contribution in [3.8, 4) is 11.6 Å². The average Bonchev–Trinajstić information content (AvgIpc) is 2.36.